The summed E-state index contributed by atoms with van der Waals surface area (Å²) >= 11 is 6.17. The van der Waals surface area contributed by atoms with Crippen LogP contribution in [0.2, 0.25) is 5.02 Å². The molecule has 0 fully saturated rings. The molecule has 0 aliphatic rings. The van der Waals surface area contributed by atoms with Crippen molar-refractivity contribution >= 4 is 29.1 Å². The van der Waals surface area contributed by atoms with E-state index in [9.17, 15) is 5.11 Å². The summed E-state index contributed by atoms with van der Waals surface area (Å²) in [6.45, 7) is 6.02. The van der Waals surface area contributed by atoms with E-state index in [1.165, 1.54) is 0 Å². The Morgan fingerprint density at radius 3 is 2.48 bits per heavy atom. The highest BCUT2D eigenvalue weighted by molar-refractivity contribution is 6.31. The Bertz CT molecular complexity index is 985. The number of ether oxygens (including phenoxy) is 1. The monoisotopic (exact) mass is 412 g/mol. The lowest BCUT2D eigenvalue weighted by Gasteiger charge is -2.17. The Labute approximate surface area is 175 Å². The van der Waals surface area contributed by atoms with Crippen LogP contribution < -0.4 is 15.8 Å². The van der Waals surface area contributed by atoms with Crippen LogP contribution in [0.4, 0.5) is 17.5 Å². The molecule has 0 amide bonds. The zero-order valence-electron chi connectivity index (χ0n) is 16.7. The minimum absolute atomic E-state index is 0.145. The molecule has 29 heavy (non-hydrogen) atoms. The van der Waals surface area contributed by atoms with Crippen LogP contribution in [0.5, 0.6) is 5.75 Å². The second-order valence-corrected chi connectivity index (χ2v) is 7.82. The number of nitrogens with two attached hydrogens (primary N) is 1. The lowest BCUT2D eigenvalue weighted by Crippen LogP contribution is -2.21. The average Bonchev–Trinajstić information content (AvgIpc) is 2.63. The summed E-state index contributed by atoms with van der Waals surface area (Å²) in [7, 11) is 0. The Morgan fingerprint density at radius 1 is 1.10 bits per heavy atom. The van der Waals surface area contributed by atoms with E-state index in [0.717, 1.165) is 16.8 Å². The molecule has 0 atom stereocenters. The van der Waals surface area contributed by atoms with E-state index >= 15 is 0 Å². The highest BCUT2D eigenvalue weighted by atomic mass is 35.5. The summed E-state index contributed by atoms with van der Waals surface area (Å²) in [5, 5.41) is 13.8. The van der Waals surface area contributed by atoms with E-state index in [2.05, 4.69) is 15.3 Å². The predicted molar refractivity (Wildman–Crippen MR) is 118 cm³/mol. The number of hydrogen-bond donors (Lipinski definition) is 3. The topological polar surface area (TPSA) is 93.3 Å². The first kappa shape index (κ1) is 20.9. The van der Waals surface area contributed by atoms with Crippen molar-refractivity contribution in [3.63, 3.8) is 0 Å². The Balaban J connectivity index is 1.88. The van der Waals surface area contributed by atoms with Crippen LogP contribution in [0, 0.1) is 0 Å². The quantitative estimate of drug-likeness (QED) is 0.514. The largest absolute Gasteiger partial charge is 0.493 e. The van der Waals surface area contributed by atoms with Crippen LogP contribution >= 0.6 is 11.6 Å². The molecule has 0 aliphatic carbocycles. The van der Waals surface area contributed by atoms with Gasteiger partial charge < -0.3 is 20.9 Å². The van der Waals surface area contributed by atoms with Gasteiger partial charge in [0.2, 0.25) is 5.95 Å². The van der Waals surface area contributed by atoms with Gasteiger partial charge in [0.15, 0.2) is 0 Å². The standard InChI is InChI=1S/C22H25ClN4O2/c1-4-29-19-10-7-15(23)11-17(19)18-12-20(27-21(24)26-18)25-16-8-5-14(6-9-16)13-22(2,3)28/h5-12,28H,4,13H2,1-3H3,(H3,24,25,26,27). The number of benzene rings is 2. The molecule has 7 heteroatoms. The third kappa shape index (κ3) is 5.82. The van der Waals surface area contributed by atoms with E-state index in [1.807, 2.05) is 37.3 Å². The van der Waals surface area contributed by atoms with Crippen molar-refractivity contribution < 1.29 is 9.84 Å². The normalized spacial score (nSPS) is 11.3. The van der Waals surface area contributed by atoms with Gasteiger partial charge in [0, 0.05) is 28.8 Å². The highest BCUT2D eigenvalue weighted by Gasteiger charge is 2.14. The Kier molecular flexibility index (Phi) is 6.25. The molecule has 1 heterocycles. The van der Waals surface area contributed by atoms with Crippen molar-refractivity contribution in [2.75, 3.05) is 17.7 Å². The highest BCUT2D eigenvalue weighted by Crippen LogP contribution is 2.33. The first-order valence-corrected chi connectivity index (χ1v) is 9.77. The van der Waals surface area contributed by atoms with Crippen molar-refractivity contribution in [1.29, 1.82) is 0 Å². The number of anilines is 3. The second kappa shape index (κ2) is 8.68. The molecule has 0 aliphatic heterocycles. The van der Waals surface area contributed by atoms with Gasteiger partial charge in [0.05, 0.1) is 17.9 Å². The van der Waals surface area contributed by atoms with E-state index in [-0.39, 0.29) is 5.95 Å². The third-order valence-corrected chi connectivity index (χ3v) is 4.36. The first-order valence-electron chi connectivity index (χ1n) is 9.39. The zero-order valence-corrected chi connectivity index (χ0v) is 17.5. The minimum atomic E-state index is -0.750. The summed E-state index contributed by atoms with van der Waals surface area (Å²) in [6, 6.07) is 15.0. The smallest absolute Gasteiger partial charge is 0.222 e. The molecule has 152 valence electrons. The van der Waals surface area contributed by atoms with Gasteiger partial charge in [0.1, 0.15) is 11.6 Å². The number of nitrogens with zero attached hydrogens (tertiary/aromatic N) is 2. The summed E-state index contributed by atoms with van der Waals surface area (Å²) in [5.74, 6) is 1.38. The van der Waals surface area contributed by atoms with Gasteiger partial charge in [-0.25, -0.2) is 4.98 Å². The SMILES string of the molecule is CCOc1ccc(Cl)cc1-c1cc(Nc2ccc(CC(C)(C)O)cc2)nc(N)n1. The fraction of sp³-hybridized carbons (Fsp3) is 0.273. The maximum atomic E-state index is 9.96. The van der Waals surface area contributed by atoms with Crippen molar-refractivity contribution in [2.45, 2.75) is 32.8 Å². The Morgan fingerprint density at radius 2 is 1.83 bits per heavy atom. The summed E-state index contributed by atoms with van der Waals surface area (Å²) in [5.41, 5.74) is 8.45. The van der Waals surface area contributed by atoms with Gasteiger partial charge in [0.25, 0.3) is 0 Å². The molecule has 2 aromatic carbocycles. The van der Waals surface area contributed by atoms with Gasteiger partial charge in [-0.05, 0) is 56.7 Å². The zero-order chi connectivity index (χ0) is 21.0. The average molecular weight is 413 g/mol. The van der Waals surface area contributed by atoms with Gasteiger partial charge in [-0.15, -0.1) is 0 Å². The number of aromatic nitrogens is 2. The van der Waals surface area contributed by atoms with Gasteiger partial charge in [-0.2, -0.15) is 4.98 Å². The minimum Gasteiger partial charge on any atom is -0.493 e. The number of nitrogens with one attached hydrogen (secondary N) is 1. The van der Waals surface area contributed by atoms with Gasteiger partial charge in [-0.1, -0.05) is 23.7 Å². The maximum absolute atomic E-state index is 9.96. The van der Waals surface area contributed by atoms with Crippen LogP contribution in [-0.4, -0.2) is 27.3 Å². The second-order valence-electron chi connectivity index (χ2n) is 7.38. The molecular weight excluding hydrogens is 388 g/mol. The van der Waals surface area contributed by atoms with Crippen molar-refractivity contribution in [3.8, 4) is 17.0 Å². The third-order valence-electron chi connectivity index (χ3n) is 4.12. The molecule has 0 unspecified atom stereocenters. The summed E-state index contributed by atoms with van der Waals surface area (Å²) in [4.78, 5) is 8.62. The lowest BCUT2D eigenvalue weighted by atomic mass is 9.99. The fourth-order valence-electron chi connectivity index (χ4n) is 3.00. The van der Waals surface area contributed by atoms with E-state index in [1.54, 1.807) is 32.0 Å². The molecule has 0 radical (unpaired) electrons. The maximum Gasteiger partial charge on any atom is 0.222 e. The van der Waals surface area contributed by atoms with Crippen LogP contribution in [0.3, 0.4) is 0 Å². The van der Waals surface area contributed by atoms with Crippen molar-refractivity contribution in [3.05, 3.63) is 59.1 Å². The first-order chi connectivity index (χ1) is 13.7. The van der Waals surface area contributed by atoms with Crippen LogP contribution in [0.1, 0.15) is 26.3 Å². The van der Waals surface area contributed by atoms with E-state index in [0.29, 0.717) is 35.3 Å². The van der Waals surface area contributed by atoms with Crippen LogP contribution in [-0.2, 0) is 6.42 Å². The predicted octanol–water partition coefficient (Wildman–Crippen LogP) is 4.83. The van der Waals surface area contributed by atoms with Gasteiger partial charge in [-0.3, -0.25) is 0 Å². The summed E-state index contributed by atoms with van der Waals surface area (Å²) < 4.78 is 5.70. The van der Waals surface area contributed by atoms with Crippen molar-refractivity contribution in [1.82, 2.24) is 9.97 Å². The molecule has 3 aromatic rings. The summed E-state index contributed by atoms with van der Waals surface area (Å²) in [6.07, 6.45) is 0.576. The van der Waals surface area contributed by atoms with E-state index in [4.69, 9.17) is 22.1 Å². The number of hydrogen-bond acceptors (Lipinski definition) is 6. The molecule has 1 aromatic heterocycles. The number of halogens is 1. The van der Waals surface area contributed by atoms with Crippen LogP contribution in [0.25, 0.3) is 11.3 Å². The van der Waals surface area contributed by atoms with Crippen molar-refractivity contribution in [2.24, 2.45) is 0 Å². The number of aliphatic hydroxyl groups is 1. The van der Waals surface area contributed by atoms with E-state index < -0.39 is 5.60 Å². The molecule has 4 N–H and O–H groups in total. The fourth-order valence-corrected chi connectivity index (χ4v) is 3.18. The molecule has 3 rings (SSSR count). The van der Waals surface area contributed by atoms with Gasteiger partial charge >= 0.3 is 0 Å². The number of nitrogen functional groups attached to an aromatic ring is 1. The van der Waals surface area contributed by atoms with Crippen LogP contribution in [0.15, 0.2) is 48.5 Å². The molecule has 0 saturated carbocycles. The molecule has 0 saturated heterocycles. The number of rotatable bonds is 7. The molecule has 6 nitrogen and oxygen atoms in total. The molecule has 0 bridgehead atoms. The molecule has 0 spiro atoms. The Hall–Kier alpha value is -2.83. The lowest BCUT2D eigenvalue weighted by molar-refractivity contribution is 0.0810. The molecular formula is C22H25ClN4O2.